The van der Waals surface area contributed by atoms with Crippen LogP contribution < -0.4 is 113 Å². The van der Waals surface area contributed by atoms with Crippen molar-refractivity contribution in [3.8, 4) is 0 Å². The minimum atomic E-state index is -0.953. The largest absolute Gasteiger partial charge is 1.00 e. The van der Waals surface area contributed by atoms with E-state index in [4.69, 9.17) is 0 Å². The molecule has 0 aromatic carbocycles. The van der Waals surface area contributed by atoms with Crippen LogP contribution in [-0.4, -0.2) is 0 Å². The molecule has 0 atom stereocenters. The fourth-order valence-electron chi connectivity index (χ4n) is 0.558. The van der Waals surface area contributed by atoms with Gasteiger partial charge in [0.25, 0.3) is 0 Å². The zero-order valence-corrected chi connectivity index (χ0v) is 12.2. The van der Waals surface area contributed by atoms with Gasteiger partial charge in [0.1, 0.15) is 0 Å². The van der Waals surface area contributed by atoms with E-state index in [2.05, 4.69) is 0 Å². The molecule has 2 nitrogen and oxygen atoms in total. The predicted octanol–water partition coefficient (Wildman–Crippen LogP) is -6.89. The molecule has 0 heterocycles. The van der Waals surface area contributed by atoms with Crippen LogP contribution in [0.5, 0.6) is 0 Å². The normalized spacial score (nSPS) is 14.4. The second kappa shape index (κ2) is 7.27. The summed E-state index contributed by atoms with van der Waals surface area (Å²) in [5, 5.41) is 19.7. The first-order chi connectivity index (χ1) is 3.30. The molecule has 1 aliphatic rings. The van der Waals surface area contributed by atoms with Gasteiger partial charge in [-0.1, -0.05) is 5.57 Å². The van der Waals surface area contributed by atoms with Gasteiger partial charge in [0.15, 0.2) is 0 Å². The van der Waals surface area contributed by atoms with Crippen molar-refractivity contribution in [1.29, 1.82) is 0 Å². The molecule has 1 rings (SSSR count). The third-order valence-electron chi connectivity index (χ3n) is 1.25. The summed E-state index contributed by atoms with van der Waals surface area (Å²) in [6, 6.07) is 0. The van der Waals surface area contributed by atoms with Crippen molar-refractivity contribution >= 4 is 0 Å². The molecular weight excluding hydrogens is 170 g/mol. The van der Waals surface area contributed by atoms with E-state index >= 15 is 0 Å². The van der Waals surface area contributed by atoms with Crippen LogP contribution >= 0.6 is 0 Å². The van der Waals surface area contributed by atoms with Crippen molar-refractivity contribution in [3.63, 3.8) is 0 Å². The molecule has 0 bridgehead atoms. The van der Waals surface area contributed by atoms with Crippen LogP contribution in [0.4, 0.5) is 0 Å². The van der Waals surface area contributed by atoms with Gasteiger partial charge in [0.05, 0.1) is 0 Å². The van der Waals surface area contributed by atoms with Crippen molar-refractivity contribution in [2.24, 2.45) is 0 Å². The molecule has 0 N–H and O–H groups in total. The Balaban J connectivity index is 0. The number of allylic oxidation sites excluding steroid dienone is 1. The first-order valence-corrected chi connectivity index (χ1v) is 2.37. The summed E-state index contributed by atoms with van der Waals surface area (Å²) in [7, 11) is 0. The van der Waals surface area contributed by atoms with Crippen molar-refractivity contribution in [2.75, 3.05) is 0 Å². The first kappa shape index (κ1) is 14.2. The molecule has 0 unspecified atom stereocenters. The molecule has 0 spiro atoms. The Morgan fingerprint density at radius 2 is 1.56 bits per heavy atom. The maximum atomic E-state index is 9.83. The molecule has 0 radical (unpaired) electrons. The molecule has 40 valence electrons. The Labute approximate surface area is 140 Å². The summed E-state index contributed by atoms with van der Waals surface area (Å²) in [6.07, 6.45) is 2.54. The van der Waals surface area contributed by atoms with Gasteiger partial charge in [-0.15, -0.1) is 0 Å². The van der Waals surface area contributed by atoms with Crippen molar-refractivity contribution < 1.29 is 113 Å². The molecule has 9 heavy (non-hydrogen) atoms. The third-order valence-corrected chi connectivity index (χ3v) is 1.25. The number of hydrogen-bond acceptors (Lipinski definition) is 2. The van der Waals surface area contributed by atoms with Crippen LogP contribution in [0, 0.1) is 0 Å². The summed E-state index contributed by atoms with van der Waals surface area (Å²) >= 11 is 0. The summed E-state index contributed by atoms with van der Waals surface area (Å²) < 4.78 is 0. The zero-order valence-electron chi connectivity index (χ0n) is 5.94. The smallest absolute Gasteiger partial charge is 0.884 e. The molecule has 1 saturated carbocycles. The molecule has 1 aliphatic carbocycles. The van der Waals surface area contributed by atoms with Crippen LogP contribution in [0.3, 0.4) is 0 Å². The van der Waals surface area contributed by atoms with E-state index in [0.717, 1.165) is 19.3 Å². The molecule has 1 fully saturated rings. The minimum absolute atomic E-state index is 0. The van der Waals surface area contributed by atoms with E-state index in [1.165, 1.54) is 0 Å². The molecule has 0 saturated heterocycles. The molecule has 0 aromatic rings. The van der Waals surface area contributed by atoms with Crippen molar-refractivity contribution in [3.05, 3.63) is 11.5 Å². The van der Waals surface area contributed by atoms with Crippen LogP contribution in [0.2, 0.25) is 0 Å². The van der Waals surface area contributed by atoms with Gasteiger partial charge in [0.2, 0.25) is 0 Å². The second-order valence-electron chi connectivity index (χ2n) is 1.74. The molecule has 0 amide bonds. The fourth-order valence-corrected chi connectivity index (χ4v) is 0.558. The molecule has 0 aliphatic heterocycles. The van der Waals surface area contributed by atoms with Gasteiger partial charge >= 0.3 is 103 Å². The summed E-state index contributed by atoms with van der Waals surface area (Å²) in [5.74, 6) is -0.953. The van der Waals surface area contributed by atoms with Crippen LogP contribution in [0.25, 0.3) is 0 Å². The van der Waals surface area contributed by atoms with Crippen LogP contribution in [-0.2, 0) is 0 Å². The predicted molar refractivity (Wildman–Crippen MR) is 20.9 cm³/mol. The second-order valence-corrected chi connectivity index (χ2v) is 1.74. The Hall–Kier alpha value is 2.61. The zero-order chi connectivity index (χ0) is 5.28. The van der Waals surface area contributed by atoms with E-state index in [1.54, 1.807) is 0 Å². The number of hydrogen-bond donors (Lipinski definition) is 0. The van der Waals surface area contributed by atoms with Crippen LogP contribution in [0.15, 0.2) is 11.5 Å². The Morgan fingerprint density at radius 3 is 1.56 bits per heavy atom. The van der Waals surface area contributed by atoms with Gasteiger partial charge in [0, 0.05) is 0 Å². The fraction of sp³-hybridized carbons (Fsp3) is 0.600. The van der Waals surface area contributed by atoms with Gasteiger partial charge in [-0.2, -0.15) is 0 Å². The van der Waals surface area contributed by atoms with E-state index < -0.39 is 5.95 Å². The SMILES string of the molecule is [K+].[K+].[O-]C([O-])=C1CCC1. The molecule has 0 aromatic heterocycles. The monoisotopic (exact) mass is 176 g/mol. The van der Waals surface area contributed by atoms with Gasteiger partial charge in [-0.25, -0.2) is 5.95 Å². The first-order valence-electron chi connectivity index (χ1n) is 2.37. The van der Waals surface area contributed by atoms with Crippen molar-refractivity contribution in [2.45, 2.75) is 19.3 Å². The summed E-state index contributed by atoms with van der Waals surface area (Å²) in [6.45, 7) is 0. The van der Waals surface area contributed by atoms with Crippen LogP contribution in [0.1, 0.15) is 19.3 Å². The quantitative estimate of drug-likeness (QED) is 0.272. The standard InChI is InChI=1S/C5H8O2.2K/c6-5(7)4-2-1-3-4;;/h6-7H,1-3H2;;/q;2*+1/p-2. The average molecular weight is 176 g/mol. The number of rotatable bonds is 0. The van der Waals surface area contributed by atoms with E-state index in [9.17, 15) is 10.2 Å². The van der Waals surface area contributed by atoms with Gasteiger partial charge in [-0.05, 0) is 19.3 Å². The van der Waals surface area contributed by atoms with Gasteiger partial charge in [-0.3, -0.25) is 0 Å². The minimum Gasteiger partial charge on any atom is -0.884 e. The Bertz CT molecular complexity index is 102. The maximum Gasteiger partial charge on any atom is 1.00 e. The third kappa shape index (κ3) is 4.95. The van der Waals surface area contributed by atoms with Gasteiger partial charge < -0.3 is 10.2 Å². The topological polar surface area (TPSA) is 46.1 Å². The summed E-state index contributed by atoms with van der Waals surface area (Å²) in [4.78, 5) is 0. The average Bonchev–Trinajstić information content (AvgIpc) is 1.23. The Morgan fingerprint density at radius 1 is 1.11 bits per heavy atom. The summed E-state index contributed by atoms with van der Waals surface area (Å²) in [5.41, 5.74) is 0.583. The maximum absolute atomic E-state index is 9.83. The van der Waals surface area contributed by atoms with E-state index in [1.807, 2.05) is 0 Å². The molecular formula is C5H6K2O2. The molecule has 4 heteroatoms. The van der Waals surface area contributed by atoms with Crippen molar-refractivity contribution in [1.82, 2.24) is 0 Å². The van der Waals surface area contributed by atoms with E-state index in [0.29, 0.717) is 5.57 Å². The Kier molecular flexibility index (Phi) is 11.4. The van der Waals surface area contributed by atoms with E-state index in [-0.39, 0.29) is 103 Å².